The normalized spacial score (nSPS) is 18.2. The molecule has 6 nitrogen and oxygen atoms in total. The molecule has 1 N–H and O–H groups in total. The number of thioether (sulfide) groups is 2. The van der Waals surface area contributed by atoms with Crippen molar-refractivity contribution >= 4 is 63.3 Å². The molecule has 5 rings (SSSR count). The van der Waals surface area contributed by atoms with Gasteiger partial charge in [0.1, 0.15) is 4.91 Å². The number of benzene rings is 3. The first-order chi connectivity index (χ1) is 18.5. The van der Waals surface area contributed by atoms with Gasteiger partial charge >= 0.3 is 0 Å². The van der Waals surface area contributed by atoms with Crippen molar-refractivity contribution in [1.29, 1.82) is 5.26 Å². The average Bonchev–Trinajstić information content (AvgIpc) is 3.45. The van der Waals surface area contributed by atoms with E-state index in [1.165, 1.54) is 23.5 Å². The van der Waals surface area contributed by atoms with Gasteiger partial charge in [-0.05, 0) is 60.1 Å². The molecule has 0 saturated carbocycles. The molecule has 9 heteroatoms. The number of nitriles is 1. The maximum absolute atomic E-state index is 13.9. The molecular weight excluding hydrogens is 534 g/mol. The molecule has 0 bridgehead atoms. The lowest BCUT2D eigenvalue weighted by Gasteiger charge is -2.19. The summed E-state index contributed by atoms with van der Waals surface area (Å²) in [5.74, 6) is -0.0980. The van der Waals surface area contributed by atoms with Crippen molar-refractivity contribution in [2.45, 2.75) is 13.5 Å². The van der Waals surface area contributed by atoms with Crippen molar-refractivity contribution in [3.63, 3.8) is 0 Å². The van der Waals surface area contributed by atoms with Crippen LogP contribution in [0.1, 0.15) is 23.6 Å². The second-order valence-corrected chi connectivity index (χ2v) is 10.8. The summed E-state index contributed by atoms with van der Waals surface area (Å²) >= 11 is 8.97. The number of nitrogens with one attached hydrogen (secondary N) is 1. The van der Waals surface area contributed by atoms with E-state index in [0.717, 1.165) is 27.5 Å². The summed E-state index contributed by atoms with van der Waals surface area (Å²) in [7, 11) is 1.97. The molecule has 1 amide bonds. The summed E-state index contributed by atoms with van der Waals surface area (Å²) in [6.07, 6.45) is 0. The molecule has 190 valence electrons. The van der Waals surface area contributed by atoms with Gasteiger partial charge in [-0.25, -0.2) is 4.99 Å². The zero-order valence-electron chi connectivity index (χ0n) is 20.8. The highest BCUT2D eigenvalue weighted by Gasteiger charge is 2.38. The summed E-state index contributed by atoms with van der Waals surface area (Å²) < 4.78 is 0. The SMILES string of the molecule is CCNc1ccc(C#N)cc1N=C1S/C(=C2\SC=C(c3ccc(Cl)cc3)N2C)C(=O)N1Cc1ccccc1. The molecule has 0 aliphatic carbocycles. The Morgan fingerprint density at radius 1 is 1.08 bits per heavy atom. The molecule has 3 aromatic rings. The van der Waals surface area contributed by atoms with Crippen molar-refractivity contribution in [3.05, 3.63) is 110 Å². The highest BCUT2D eigenvalue weighted by atomic mass is 35.5. The Hall–Kier alpha value is -3.64. The average molecular weight is 558 g/mol. The Labute approximate surface area is 235 Å². The Bertz CT molecular complexity index is 1510. The molecule has 2 aliphatic heterocycles. The Kier molecular flexibility index (Phi) is 7.79. The number of halogens is 1. The summed E-state index contributed by atoms with van der Waals surface area (Å²) in [5.41, 5.74) is 4.97. The van der Waals surface area contributed by atoms with Gasteiger partial charge in [0, 0.05) is 24.0 Å². The van der Waals surface area contributed by atoms with Crippen molar-refractivity contribution < 1.29 is 4.79 Å². The summed E-state index contributed by atoms with van der Waals surface area (Å²) in [5, 5.41) is 16.9. The van der Waals surface area contributed by atoms with Crippen LogP contribution in [0.2, 0.25) is 5.02 Å². The Morgan fingerprint density at radius 2 is 1.84 bits per heavy atom. The number of amidine groups is 1. The number of nitrogens with zero attached hydrogens (tertiary/aromatic N) is 4. The molecule has 0 unspecified atom stereocenters. The van der Waals surface area contributed by atoms with Gasteiger partial charge in [0.25, 0.3) is 5.91 Å². The largest absolute Gasteiger partial charge is 0.384 e. The molecular formula is C29H24ClN5OS2. The van der Waals surface area contributed by atoms with Gasteiger partial charge in [-0.1, -0.05) is 65.8 Å². The van der Waals surface area contributed by atoms with Gasteiger partial charge in [-0.15, -0.1) is 0 Å². The highest BCUT2D eigenvalue weighted by Crippen LogP contribution is 2.46. The fourth-order valence-electron chi connectivity index (χ4n) is 4.13. The zero-order valence-corrected chi connectivity index (χ0v) is 23.2. The van der Waals surface area contributed by atoms with E-state index in [-0.39, 0.29) is 5.91 Å². The number of carbonyl (C=O) groups is 1. The monoisotopic (exact) mass is 557 g/mol. The van der Waals surface area contributed by atoms with Crippen LogP contribution >= 0.6 is 35.1 Å². The van der Waals surface area contributed by atoms with Crippen LogP contribution in [-0.4, -0.2) is 34.5 Å². The van der Waals surface area contributed by atoms with E-state index in [4.69, 9.17) is 16.6 Å². The Balaban J connectivity index is 1.55. The minimum absolute atomic E-state index is 0.0980. The third kappa shape index (κ3) is 5.32. The summed E-state index contributed by atoms with van der Waals surface area (Å²) in [6.45, 7) is 3.10. The summed E-state index contributed by atoms with van der Waals surface area (Å²) in [6, 6.07) is 25.1. The first kappa shape index (κ1) is 26.0. The molecule has 2 heterocycles. The predicted octanol–water partition coefficient (Wildman–Crippen LogP) is 7.25. The van der Waals surface area contributed by atoms with E-state index in [1.807, 2.05) is 79.5 Å². The van der Waals surface area contributed by atoms with Gasteiger partial charge in [-0.3, -0.25) is 9.69 Å². The van der Waals surface area contributed by atoms with Crippen LogP contribution in [0, 0.1) is 11.3 Å². The third-order valence-corrected chi connectivity index (χ3v) is 8.53. The molecule has 0 aromatic heterocycles. The van der Waals surface area contributed by atoms with Crippen molar-refractivity contribution in [2.24, 2.45) is 4.99 Å². The minimum atomic E-state index is -0.0980. The maximum atomic E-state index is 13.9. The van der Waals surface area contributed by atoms with E-state index in [2.05, 4.69) is 16.8 Å². The lowest BCUT2D eigenvalue weighted by molar-refractivity contribution is -0.122. The number of hydrogen-bond donors (Lipinski definition) is 1. The van der Waals surface area contributed by atoms with Crippen LogP contribution in [0.5, 0.6) is 0 Å². The number of anilines is 1. The topological polar surface area (TPSA) is 71.7 Å². The van der Waals surface area contributed by atoms with E-state index >= 15 is 0 Å². The molecule has 3 aromatic carbocycles. The van der Waals surface area contributed by atoms with Crippen LogP contribution in [0.25, 0.3) is 5.70 Å². The maximum Gasteiger partial charge on any atom is 0.269 e. The predicted molar refractivity (Wildman–Crippen MR) is 159 cm³/mol. The van der Waals surface area contributed by atoms with Crippen LogP contribution in [-0.2, 0) is 11.3 Å². The molecule has 1 fully saturated rings. The van der Waals surface area contributed by atoms with Crippen LogP contribution < -0.4 is 5.32 Å². The number of rotatable bonds is 6. The van der Waals surface area contributed by atoms with Gasteiger partial charge in [0.15, 0.2) is 5.17 Å². The quantitative estimate of drug-likeness (QED) is 0.322. The number of amides is 1. The first-order valence-electron chi connectivity index (χ1n) is 12.0. The van der Waals surface area contributed by atoms with Gasteiger partial charge < -0.3 is 10.2 Å². The zero-order chi connectivity index (χ0) is 26.6. The van der Waals surface area contributed by atoms with Crippen LogP contribution in [0.3, 0.4) is 0 Å². The second-order valence-electron chi connectivity index (χ2n) is 8.57. The van der Waals surface area contributed by atoms with E-state index in [0.29, 0.717) is 39.4 Å². The Morgan fingerprint density at radius 3 is 2.55 bits per heavy atom. The fourth-order valence-corrected chi connectivity index (χ4v) is 6.50. The molecule has 1 saturated heterocycles. The van der Waals surface area contributed by atoms with Crippen LogP contribution in [0.15, 0.2) is 93.1 Å². The highest BCUT2D eigenvalue weighted by molar-refractivity contribution is 8.19. The van der Waals surface area contributed by atoms with Gasteiger partial charge in [0.2, 0.25) is 0 Å². The van der Waals surface area contributed by atoms with Gasteiger partial charge in [0.05, 0.1) is 40.3 Å². The number of carbonyl (C=O) groups excluding carboxylic acids is 1. The standard InChI is InChI=1S/C29H24ClN5OS2/c1-3-32-23-14-9-20(16-31)15-24(23)33-29-35(17-19-7-5-4-6-8-19)27(36)26(38-29)28-34(2)25(18-37-28)21-10-12-22(30)13-11-21/h4-15,18,32H,3,17H2,1-2H3/b28-26-,33-29?. The van der Waals surface area contributed by atoms with E-state index < -0.39 is 0 Å². The number of aliphatic imine (C=N–C) groups is 1. The lowest BCUT2D eigenvalue weighted by Crippen LogP contribution is -2.29. The van der Waals surface area contributed by atoms with Crippen molar-refractivity contribution in [1.82, 2.24) is 9.80 Å². The minimum Gasteiger partial charge on any atom is -0.384 e. The number of hydrogen-bond acceptors (Lipinski definition) is 7. The first-order valence-corrected chi connectivity index (χ1v) is 14.1. The summed E-state index contributed by atoms with van der Waals surface area (Å²) in [4.78, 5) is 23.2. The molecule has 0 radical (unpaired) electrons. The fraction of sp³-hybridized carbons (Fsp3) is 0.138. The van der Waals surface area contributed by atoms with Crippen molar-refractivity contribution in [3.8, 4) is 6.07 Å². The molecule has 38 heavy (non-hydrogen) atoms. The van der Waals surface area contributed by atoms with Gasteiger partial charge in [-0.2, -0.15) is 5.26 Å². The molecule has 0 spiro atoms. The van der Waals surface area contributed by atoms with Crippen LogP contribution in [0.4, 0.5) is 11.4 Å². The molecule has 0 atom stereocenters. The smallest absolute Gasteiger partial charge is 0.269 e. The lowest BCUT2D eigenvalue weighted by atomic mass is 10.1. The second kappa shape index (κ2) is 11.4. The van der Waals surface area contributed by atoms with E-state index in [9.17, 15) is 10.1 Å². The van der Waals surface area contributed by atoms with Crippen molar-refractivity contribution in [2.75, 3.05) is 18.9 Å². The third-order valence-electron chi connectivity index (χ3n) is 6.04. The molecule has 2 aliphatic rings. The van der Waals surface area contributed by atoms with E-state index in [1.54, 1.807) is 17.0 Å².